The first-order valence-electron chi connectivity index (χ1n) is 6.95. The lowest BCUT2D eigenvalue weighted by Gasteiger charge is -2.24. The van der Waals surface area contributed by atoms with Crippen molar-refractivity contribution in [3.63, 3.8) is 0 Å². The van der Waals surface area contributed by atoms with E-state index in [0.29, 0.717) is 13.6 Å². The Morgan fingerprint density at radius 3 is 1.57 bits per heavy atom. The topological polar surface area (TPSA) is 36.9 Å². The van der Waals surface area contributed by atoms with Gasteiger partial charge in [-0.1, -0.05) is 35.6 Å². The first-order chi connectivity index (χ1) is 10.1. The second-order valence-electron chi connectivity index (χ2n) is 5.76. The summed E-state index contributed by atoms with van der Waals surface area (Å²) in [5.74, 6) is 3.34. The van der Waals surface area contributed by atoms with E-state index < -0.39 is 8.07 Å². The number of benzene rings is 2. The first-order valence-corrected chi connectivity index (χ1v) is 9.95. The molecule has 2 aliphatic rings. The largest absolute Gasteiger partial charge is 0.454 e. The molecule has 2 aromatic carbocycles. The molecule has 0 aliphatic carbocycles. The summed E-state index contributed by atoms with van der Waals surface area (Å²) in [7, 11) is -1.81. The highest BCUT2D eigenvalue weighted by Gasteiger charge is 2.29. The Morgan fingerprint density at radius 2 is 1.10 bits per heavy atom. The molecule has 2 aromatic rings. The van der Waals surface area contributed by atoms with Gasteiger partial charge >= 0.3 is 0 Å². The zero-order chi connectivity index (χ0) is 14.4. The van der Waals surface area contributed by atoms with Crippen LogP contribution >= 0.6 is 0 Å². The molecule has 0 aromatic heterocycles. The van der Waals surface area contributed by atoms with Crippen LogP contribution in [-0.2, 0) is 0 Å². The molecule has 0 fully saturated rings. The van der Waals surface area contributed by atoms with Gasteiger partial charge in [0, 0.05) is 0 Å². The molecule has 0 unspecified atom stereocenters. The predicted octanol–water partition coefficient (Wildman–Crippen LogP) is 1.97. The molecule has 21 heavy (non-hydrogen) atoms. The van der Waals surface area contributed by atoms with Crippen molar-refractivity contribution in [2.45, 2.75) is 13.1 Å². The van der Waals surface area contributed by atoms with Crippen LogP contribution in [0.2, 0.25) is 13.1 Å². The van der Waals surface area contributed by atoms with Gasteiger partial charge in [0.2, 0.25) is 13.6 Å². The molecular weight excluding hydrogens is 284 g/mol. The summed E-state index contributed by atoms with van der Waals surface area (Å²) < 4.78 is 21.8. The fourth-order valence-electron chi connectivity index (χ4n) is 2.74. The van der Waals surface area contributed by atoms with Gasteiger partial charge in [0.15, 0.2) is 23.0 Å². The monoisotopic (exact) mass is 300 g/mol. The molecule has 0 amide bonds. The number of rotatable bonds is 2. The molecule has 0 bridgehead atoms. The Kier molecular flexibility index (Phi) is 2.65. The van der Waals surface area contributed by atoms with Crippen molar-refractivity contribution < 1.29 is 18.9 Å². The second-order valence-corrected chi connectivity index (χ2v) is 10.2. The normalized spacial score (nSPS) is 15.3. The molecule has 4 nitrogen and oxygen atoms in total. The van der Waals surface area contributed by atoms with Crippen molar-refractivity contribution in [1.82, 2.24) is 0 Å². The maximum absolute atomic E-state index is 5.50. The minimum atomic E-state index is -1.81. The molecular formula is C16H16O4Si. The molecule has 108 valence electrons. The number of fused-ring (bicyclic) bond motifs is 2. The van der Waals surface area contributed by atoms with E-state index in [-0.39, 0.29) is 0 Å². The molecule has 0 N–H and O–H groups in total. The summed E-state index contributed by atoms with van der Waals surface area (Å²) in [6.07, 6.45) is 0. The van der Waals surface area contributed by atoms with Gasteiger partial charge in [0.25, 0.3) is 0 Å². The van der Waals surface area contributed by atoms with Crippen molar-refractivity contribution >= 4 is 18.4 Å². The van der Waals surface area contributed by atoms with Crippen LogP contribution in [0, 0.1) is 0 Å². The Balaban J connectivity index is 1.75. The molecule has 0 saturated carbocycles. The molecule has 4 rings (SSSR count). The highest BCUT2D eigenvalue weighted by atomic mass is 28.3. The standard InChI is InChI=1S/C16H16O4Si/c1-21(2,11-3-5-13-15(7-11)19-9-17-13)12-4-6-14-16(8-12)20-10-18-14/h3-8H,9-10H2,1-2H3. The quantitative estimate of drug-likeness (QED) is 0.795. The van der Waals surface area contributed by atoms with Gasteiger partial charge in [0.05, 0.1) is 0 Å². The van der Waals surface area contributed by atoms with Crippen molar-refractivity contribution in [3.8, 4) is 23.0 Å². The van der Waals surface area contributed by atoms with Crippen LogP contribution in [0.15, 0.2) is 36.4 Å². The van der Waals surface area contributed by atoms with Crippen LogP contribution < -0.4 is 29.3 Å². The molecule has 0 saturated heterocycles. The Bertz CT molecular complexity index is 652. The predicted molar refractivity (Wildman–Crippen MR) is 81.9 cm³/mol. The van der Waals surface area contributed by atoms with Crippen LogP contribution in [-0.4, -0.2) is 21.7 Å². The van der Waals surface area contributed by atoms with Crippen molar-refractivity contribution in [2.24, 2.45) is 0 Å². The van der Waals surface area contributed by atoms with E-state index in [1.54, 1.807) is 0 Å². The van der Waals surface area contributed by atoms with E-state index in [4.69, 9.17) is 18.9 Å². The van der Waals surface area contributed by atoms with Crippen LogP contribution in [0.1, 0.15) is 0 Å². The van der Waals surface area contributed by atoms with E-state index in [1.165, 1.54) is 10.4 Å². The fraction of sp³-hybridized carbons (Fsp3) is 0.250. The van der Waals surface area contributed by atoms with Gasteiger partial charge in [-0.25, -0.2) is 0 Å². The van der Waals surface area contributed by atoms with Gasteiger partial charge in [0.1, 0.15) is 8.07 Å². The van der Waals surface area contributed by atoms with E-state index >= 15 is 0 Å². The van der Waals surface area contributed by atoms with Crippen molar-refractivity contribution in [2.75, 3.05) is 13.6 Å². The van der Waals surface area contributed by atoms with Crippen LogP contribution in [0.3, 0.4) is 0 Å². The Hall–Kier alpha value is -2.14. The number of hydrogen-bond donors (Lipinski definition) is 0. The van der Waals surface area contributed by atoms with E-state index in [0.717, 1.165) is 23.0 Å². The molecule has 2 aliphatic heterocycles. The first kappa shape index (κ1) is 12.6. The van der Waals surface area contributed by atoms with Gasteiger partial charge < -0.3 is 18.9 Å². The SMILES string of the molecule is C[Si](C)(c1ccc2c(c1)OCO2)c1ccc2c(c1)OCO2. The lowest BCUT2D eigenvalue weighted by molar-refractivity contribution is 0.173. The number of hydrogen-bond acceptors (Lipinski definition) is 4. The molecule has 0 spiro atoms. The fourth-order valence-corrected chi connectivity index (χ4v) is 5.05. The lowest BCUT2D eigenvalue weighted by atomic mass is 10.3. The molecule has 0 radical (unpaired) electrons. The van der Waals surface area contributed by atoms with Gasteiger partial charge in [-0.15, -0.1) is 0 Å². The molecule has 2 heterocycles. The van der Waals surface area contributed by atoms with Crippen LogP contribution in [0.25, 0.3) is 0 Å². The maximum Gasteiger partial charge on any atom is 0.231 e. The van der Waals surface area contributed by atoms with Crippen molar-refractivity contribution in [3.05, 3.63) is 36.4 Å². The van der Waals surface area contributed by atoms with Gasteiger partial charge in [-0.2, -0.15) is 0 Å². The minimum Gasteiger partial charge on any atom is -0.454 e. The smallest absolute Gasteiger partial charge is 0.231 e. The van der Waals surface area contributed by atoms with Gasteiger partial charge in [-0.05, 0) is 24.3 Å². The Morgan fingerprint density at radius 1 is 0.667 bits per heavy atom. The van der Waals surface area contributed by atoms with E-state index in [2.05, 4.69) is 37.4 Å². The van der Waals surface area contributed by atoms with Gasteiger partial charge in [-0.3, -0.25) is 0 Å². The second kappa shape index (κ2) is 4.43. The summed E-state index contributed by atoms with van der Waals surface area (Å²) in [6, 6.07) is 12.5. The average Bonchev–Trinajstić information content (AvgIpc) is 3.14. The maximum atomic E-state index is 5.50. The van der Waals surface area contributed by atoms with Crippen LogP contribution in [0.5, 0.6) is 23.0 Å². The lowest BCUT2D eigenvalue weighted by Crippen LogP contribution is -2.52. The summed E-state index contributed by atoms with van der Waals surface area (Å²) in [6.45, 7) is 5.26. The van der Waals surface area contributed by atoms with E-state index in [9.17, 15) is 0 Å². The average molecular weight is 300 g/mol. The molecule has 5 heteroatoms. The zero-order valence-corrected chi connectivity index (χ0v) is 13.0. The summed E-state index contributed by atoms with van der Waals surface area (Å²) in [5, 5.41) is 2.62. The third-order valence-electron chi connectivity index (χ3n) is 4.19. The minimum absolute atomic E-state index is 0.310. The summed E-state index contributed by atoms with van der Waals surface area (Å²) in [5.41, 5.74) is 0. The highest BCUT2D eigenvalue weighted by molar-refractivity contribution is 7.00. The third kappa shape index (κ3) is 1.96. The van der Waals surface area contributed by atoms with Crippen molar-refractivity contribution in [1.29, 1.82) is 0 Å². The Labute approximate surface area is 124 Å². The highest BCUT2D eigenvalue weighted by Crippen LogP contribution is 2.32. The summed E-state index contributed by atoms with van der Waals surface area (Å²) in [4.78, 5) is 0. The molecule has 0 atom stereocenters. The summed E-state index contributed by atoms with van der Waals surface area (Å²) >= 11 is 0. The zero-order valence-electron chi connectivity index (χ0n) is 12.0. The van der Waals surface area contributed by atoms with Crippen LogP contribution in [0.4, 0.5) is 0 Å². The third-order valence-corrected chi connectivity index (χ3v) is 7.70. The number of ether oxygens (including phenoxy) is 4. The van der Waals surface area contributed by atoms with E-state index in [1.807, 2.05) is 12.1 Å².